The molecule has 0 saturated heterocycles. The molecule has 1 atom stereocenters. The van der Waals surface area contributed by atoms with Crippen LogP contribution in [0.4, 0.5) is 10.5 Å². The third kappa shape index (κ3) is 3.45. The Hall–Kier alpha value is -1.80. The zero-order valence-electron chi connectivity index (χ0n) is 11.8. The van der Waals surface area contributed by atoms with E-state index in [1.54, 1.807) is 25.1 Å². The lowest BCUT2D eigenvalue weighted by Gasteiger charge is -2.24. The number of ether oxygens (including phenoxy) is 1. The van der Waals surface area contributed by atoms with E-state index in [0.29, 0.717) is 18.5 Å². The van der Waals surface area contributed by atoms with Crippen LogP contribution in [0.1, 0.15) is 31.4 Å². The van der Waals surface area contributed by atoms with Gasteiger partial charge < -0.3 is 10.5 Å². The number of para-hydroxylation sites is 1. The summed E-state index contributed by atoms with van der Waals surface area (Å²) in [5.41, 5.74) is 7.32. The molecule has 0 fully saturated rings. The molecule has 0 aromatic heterocycles. The highest BCUT2D eigenvalue weighted by molar-refractivity contribution is 7.91. The molecule has 8 heteroatoms. The number of benzene rings is 1. The first-order valence-corrected chi connectivity index (χ1v) is 8.21. The molecule has 116 valence electrons. The Balaban J connectivity index is 2.34. The van der Waals surface area contributed by atoms with Crippen LogP contribution >= 0.6 is 0 Å². The van der Waals surface area contributed by atoms with Gasteiger partial charge in [0.25, 0.3) is 0 Å². The van der Waals surface area contributed by atoms with E-state index < -0.39 is 16.3 Å². The topological polar surface area (TPSA) is 102 Å². The number of fused-ring (bicyclic) bond motifs is 1. The van der Waals surface area contributed by atoms with Crippen molar-refractivity contribution in [2.45, 2.75) is 25.8 Å². The second kappa shape index (κ2) is 6.31. The van der Waals surface area contributed by atoms with E-state index in [9.17, 15) is 13.2 Å². The summed E-state index contributed by atoms with van der Waals surface area (Å²) in [7, 11) is -4.01. The standard InChI is InChI=1S/C13H19N3O4S/c1-2-20-13(17)15-21(18,19)16-9-5-7-11(14)10-6-3-4-8-12(10)16/h3-4,6,8,11H,2,5,7,9,14H2,1H3,(H,15,17). The van der Waals surface area contributed by atoms with Crippen LogP contribution in [0, 0.1) is 0 Å². The van der Waals surface area contributed by atoms with Crippen LogP contribution in [0.15, 0.2) is 24.3 Å². The number of nitrogens with zero attached hydrogens (tertiary/aromatic N) is 1. The van der Waals surface area contributed by atoms with Gasteiger partial charge in [-0.05, 0) is 31.4 Å². The molecule has 7 nitrogen and oxygen atoms in total. The Morgan fingerprint density at radius 2 is 2.19 bits per heavy atom. The van der Waals surface area contributed by atoms with Crippen molar-refractivity contribution in [2.24, 2.45) is 5.73 Å². The van der Waals surface area contributed by atoms with Gasteiger partial charge in [0.05, 0.1) is 12.3 Å². The van der Waals surface area contributed by atoms with Crippen LogP contribution in [-0.2, 0) is 14.9 Å². The predicted molar refractivity (Wildman–Crippen MR) is 79.0 cm³/mol. The zero-order chi connectivity index (χ0) is 15.5. The first kappa shape index (κ1) is 15.6. The zero-order valence-corrected chi connectivity index (χ0v) is 12.6. The van der Waals surface area contributed by atoms with E-state index in [4.69, 9.17) is 5.73 Å². The maximum atomic E-state index is 12.4. The summed E-state index contributed by atoms with van der Waals surface area (Å²) in [6, 6.07) is 6.82. The summed E-state index contributed by atoms with van der Waals surface area (Å²) < 4.78 is 32.4. The van der Waals surface area contributed by atoms with Crippen LogP contribution in [-0.4, -0.2) is 27.7 Å². The van der Waals surface area contributed by atoms with Crippen molar-refractivity contribution in [1.29, 1.82) is 0 Å². The molecular weight excluding hydrogens is 294 g/mol. The number of carbonyl (C=O) groups is 1. The summed E-state index contributed by atoms with van der Waals surface area (Å²) in [5.74, 6) is 0. The lowest BCUT2D eigenvalue weighted by molar-refractivity contribution is 0.158. The second-order valence-electron chi connectivity index (χ2n) is 4.71. The number of hydrogen-bond acceptors (Lipinski definition) is 5. The normalized spacial score (nSPS) is 18.6. The Labute approximate surface area is 124 Å². The van der Waals surface area contributed by atoms with Gasteiger partial charge in [-0.15, -0.1) is 0 Å². The minimum atomic E-state index is -4.01. The molecule has 1 aromatic carbocycles. The van der Waals surface area contributed by atoms with Gasteiger partial charge >= 0.3 is 16.3 Å². The van der Waals surface area contributed by atoms with E-state index in [0.717, 1.165) is 5.56 Å². The monoisotopic (exact) mass is 313 g/mol. The van der Waals surface area contributed by atoms with Crippen molar-refractivity contribution in [2.75, 3.05) is 17.5 Å². The van der Waals surface area contributed by atoms with Crippen molar-refractivity contribution >= 4 is 22.0 Å². The van der Waals surface area contributed by atoms with E-state index in [-0.39, 0.29) is 19.2 Å². The highest BCUT2D eigenvalue weighted by Crippen LogP contribution is 2.32. The Bertz CT molecular complexity index is 618. The Morgan fingerprint density at radius 3 is 2.90 bits per heavy atom. The summed E-state index contributed by atoms with van der Waals surface area (Å²) in [6.07, 6.45) is 0.311. The van der Waals surface area contributed by atoms with E-state index in [1.807, 2.05) is 10.8 Å². The van der Waals surface area contributed by atoms with Gasteiger partial charge in [0.15, 0.2) is 0 Å². The molecule has 1 amide bonds. The quantitative estimate of drug-likeness (QED) is 0.875. The highest BCUT2D eigenvalue weighted by atomic mass is 32.2. The number of anilines is 1. The first-order valence-electron chi connectivity index (χ1n) is 6.77. The molecule has 0 saturated carbocycles. The van der Waals surface area contributed by atoms with Crippen LogP contribution in [0.2, 0.25) is 0 Å². The van der Waals surface area contributed by atoms with Gasteiger partial charge in [-0.3, -0.25) is 4.31 Å². The maximum Gasteiger partial charge on any atom is 0.422 e. The molecule has 1 aliphatic rings. The van der Waals surface area contributed by atoms with Crippen molar-refractivity contribution in [3.05, 3.63) is 29.8 Å². The summed E-state index contributed by atoms with van der Waals surface area (Å²) in [4.78, 5) is 11.4. The largest absolute Gasteiger partial charge is 0.449 e. The van der Waals surface area contributed by atoms with Crippen molar-refractivity contribution < 1.29 is 17.9 Å². The number of rotatable bonds is 3. The fraction of sp³-hybridized carbons (Fsp3) is 0.462. The smallest absolute Gasteiger partial charge is 0.422 e. The van der Waals surface area contributed by atoms with Gasteiger partial charge in [-0.2, -0.15) is 8.42 Å². The third-order valence-electron chi connectivity index (χ3n) is 3.26. The average molecular weight is 313 g/mol. The number of amides is 1. The van der Waals surface area contributed by atoms with E-state index in [1.165, 1.54) is 4.31 Å². The molecule has 0 bridgehead atoms. The molecular formula is C13H19N3O4S. The molecule has 3 N–H and O–H groups in total. The second-order valence-corrected chi connectivity index (χ2v) is 6.30. The lowest BCUT2D eigenvalue weighted by atomic mass is 10.0. The minimum absolute atomic E-state index is 0.100. The van der Waals surface area contributed by atoms with Crippen molar-refractivity contribution in [3.63, 3.8) is 0 Å². The number of carbonyl (C=O) groups excluding carboxylic acids is 1. The number of nitrogens with two attached hydrogens (primary N) is 1. The average Bonchev–Trinajstić information content (AvgIpc) is 2.59. The predicted octanol–water partition coefficient (Wildman–Crippen LogP) is 1.28. The third-order valence-corrected chi connectivity index (χ3v) is 4.64. The molecule has 1 unspecified atom stereocenters. The summed E-state index contributed by atoms with van der Waals surface area (Å²) in [6.45, 7) is 1.97. The minimum Gasteiger partial charge on any atom is -0.449 e. The molecule has 1 aliphatic heterocycles. The van der Waals surface area contributed by atoms with Gasteiger partial charge in [-0.1, -0.05) is 18.2 Å². The molecule has 21 heavy (non-hydrogen) atoms. The Kier molecular flexibility index (Phi) is 4.69. The van der Waals surface area contributed by atoms with Gasteiger partial charge in [-0.25, -0.2) is 9.52 Å². The van der Waals surface area contributed by atoms with Crippen LogP contribution in [0.25, 0.3) is 0 Å². The summed E-state index contributed by atoms with van der Waals surface area (Å²) >= 11 is 0. The van der Waals surface area contributed by atoms with Crippen LogP contribution in [0.5, 0.6) is 0 Å². The van der Waals surface area contributed by atoms with Gasteiger partial charge in [0, 0.05) is 12.6 Å². The van der Waals surface area contributed by atoms with E-state index in [2.05, 4.69) is 4.74 Å². The van der Waals surface area contributed by atoms with Crippen LogP contribution < -0.4 is 14.8 Å². The fourth-order valence-corrected chi connectivity index (χ4v) is 3.50. The number of nitrogens with one attached hydrogen (secondary N) is 1. The van der Waals surface area contributed by atoms with E-state index >= 15 is 0 Å². The van der Waals surface area contributed by atoms with Crippen molar-refractivity contribution in [1.82, 2.24) is 4.72 Å². The molecule has 0 aliphatic carbocycles. The fourth-order valence-electron chi connectivity index (χ4n) is 2.33. The van der Waals surface area contributed by atoms with Gasteiger partial charge in [0.1, 0.15) is 0 Å². The first-order chi connectivity index (χ1) is 9.95. The lowest BCUT2D eigenvalue weighted by Crippen LogP contribution is -2.44. The SMILES string of the molecule is CCOC(=O)NS(=O)(=O)N1CCCC(N)c2ccccc21. The number of hydrogen-bond donors (Lipinski definition) is 2. The molecule has 0 spiro atoms. The molecule has 1 aromatic rings. The molecule has 0 radical (unpaired) electrons. The maximum absolute atomic E-state index is 12.4. The Morgan fingerprint density at radius 1 is 1.48 bits per heavy atom. The highest BCUT2D eigenvalue weighted by Gasteiger charge is 2.30. The summed E-state index contributed by atoms with van der Waals surface area (Å²) in [5, 5.41) is 0. The van der Waals surface area contributed by atoms with Crippen LogP contribution in [0.3, 0.4) is 0 Å². The molecule has 1 heterocycles. The van der Waals surface area contributed by atoms with Crippen molar-refractivity contribution in [3.8, 4) is 0 Å². The molecule has 2 rings (SSSR count). The van der Waals surface area contributed by atoms with Gasteiger partial charge in [0.2, 0.25) is 0 Å².